The van der Waals surface area contributed by atoms with E-state index in [9.17, 15) is 18.0 Å². The number of nitrogens with one attached hydrogen (secondary N) is 1. The highest BCUT2D eigenvalue weighted by Gasteiger charge is 2.28. The van der Waals surface area contributed by atoms with Crippen LogP contribution in [0.2, 0.25) is 0 Å². The van der Waals surface area contributed by atoms with Gasteiger partial charge < -0.3 is 4.90 Å². The smallest absolute Gasteiger partial charge is 0.253 e. The summed E-state index contributed by atoms with van der Waals surface area (Å²) >= 11 is 0. The predicted octanol–water partition coefficient (Wildman–Crippen LogP) is 2.33. The molecule has 2 aromatic rings. The van der Waals surface area contributed by atoms with Crippen molar-refractivity contribution in [2.45, 2.75) is 17.7 Å². The van der Waals surface area contributed by atoms with Gasteiger partial charge in [-0.3, -0.25) is 9.59 Å². The second kappa shape index (κ2) is 9.03. The van der Waals surface area contributed by atoms with Crippen LogP contribution in [0.5, 0.6) is 0 Å². The lowest BCUT2D eigenvalue weighted by Gasteiger charge is -2.31. The number of likely N-dealkylation sites (tertiary alicyclic amines) is 1. The summed E-state index contributed by atoms with van der Waals surface area (Å²) in [6, 6.07) is 15.0. The summed E-state index contributed by atoms with van der Waals surface area (Å²) in [5.41, 5.74) is 0.982. The monoisotopic (exact) mass is 410 g/mol. The average molecular weight is 410 g/mol. The molecule has 6 nitrogen and oxygen atoms in total. The minimum Gasteiger partial charge on any atom is -0.339 e. The number of ketones is 1. The fourth-order valence-corrected chi connectivity index (χ4v) is 4.36. The first kappa shape index (κ1) is 20.8. The number of piperidine rings is 1. The fourth-order valence-electron chi connectivity index (χ4n) is 3.38. The van der Waals surface area contributed by atoms with Crippen molar-refractivity contribution in [1.82, 2.24) is 9.62 Å². The molecule has 0 bridgehead atoms. The topological polar surface area (TPSA) is 83.6 Å². The molecule has 1 aliphatic heterocycles. The second-order valence-corrected chi connectivity index (χ2v) is 8.62. The van der Waals surface area contributed by atoms with E-state index in [-0.39, 0.29) is 29.0 Å². The minimum absolute atomic E-state index is 0.00672. The van der Waals surface area contributed by atoms with E-state index in [2.05, 4.69) is 10.6 Å². The lowest BCUT2D eigenvalue weighted by Crippen LogP contribution is -2.40. The number of carbonyl (C=O) groups excluding carboxylic acids is 2. The summed E-state index contributed by atoms with van der Waals surface area (Å²) in [5, 5.41) is 0. The Bertz CT molecular complexity index is 1030. The maximum Gasteiger partial charge on any atom is 0.253 e. The van der Waals surface area contributed by atoms with Crippen molar-refractivity contribution in [3.05, 3.63) is 65.7 Å². The van der Waals surface area contributed by atoms with Gasteiger partial charge in [0, 0.05) is 30.1 Å². The molecule has 1 amide bonds. The van der Waals surface area contributed by atoms with Crippen LogP contribution in [-0.2, 0) is 10.0 Å². The van der Waals surface area contributed by atoms with Crippen LogP contribution in [0.15, 0.2) is 59.5 Å². The van der Waals surface area contributed by atoms with Crippen LogP contribution in [0.1, 0.15) is 33.6 Å². The summed E-state index contributed by atoms with van der Waals surface area (Å²) in [6.07, 6.45) is 6.27. The maximum absolute atomic E-state index is 12.8. The standard InChI is InChI=1S/C22H22N2O4S/c1-2-13-23-29(27,28)20-10-6-9-19(16-20)22(26)24-14-11-18(12-15-24)21(25)17-7-4-3-5-8-17/h1,3-10,16,18,23H,11-15H2. The Morgan fingerprint density at radius 2 is 1.69 bits per heavy atom. The maximum atomic E-state index is 12.8. The molecule has 2 aromatic carbocycles. The molecule has 0 spiro atoms. The van der Waals surface area contributed by atoms with Crippen molar-refractivity contribution >= 4 is 21.7 Å². The first-order valence-corrected chi connectivity index (χ1v) is 10.8. The first-order chi connectivity index (χ1) is 13.9. The van der Waals surface area contributed by atoms with Crippen LogP contribution < -0.4 is 4.72 Å². The molecule has 0 aliphatic carbocycles. The highest BCUT2D eigenvalue weighted by Crippen LogP contribution is 2.23. The first-order valence-electron chi connectivity index (χ1n) is 9.34. The van der Waals surface area contributed by atoms with E-state index in [1.807, 2.05) is 18.2 Å². The molecular weight excluding hydrogens is 388 g/mol. The van der Waals surface area contributed by atoms with Gasteiger partial charge in [-0.25, -0.2) is 8.42 Å². The number of hydrogen-bond acceptors (Lipinski definition) is 4. The highest BCUT2D eigenvalue weighted by molar-refractivity contribution is 7.89. The Balaban J connectivity index is 1.66. The summed E-state index contributed by atoms with van der Waals surface area (Å²) in [4.78, 5) is 27.1. The number of carbonyl (C=O) groups is 2. The number of sulfonamides is 1. The van der Waals surface area contributed by atoms with E-state index in [1.165, 1.54) is 18.2 Å². The second-order valence-electron chi connectivity index (χ2n) is 6.85. The third-order valence-corrected chi connectivity index (χ3v) is 6.37. The van der Waals surface area contributed by atoms with Gasteiger partial charge in [-0.1, -0.05) is 42.3 Å². The van der Waals surface area contributed by atoms with Gasteiger partial charge in [-0.2, -0.15) is 4.72 Å². The van der Waals surface area contributed by atoms with Gasteiger partial charge >= 0.3 is 0 Å². The largest absolute Gasteiger partial charge is 0.339 e. The minimum atomic E-state index is -3.77. The lowest BCUT2D eigenvalue weighted by atomic mass is 9.88. The number of rotatable bonds is 6. The summed E-state index contributed by atoms with van der Waals surface area (Å²) in [6.45, 7) is 0.784. The molecule has 0 aromatic heterocycles. The van der Waals surface area contributed by atoms with Gasteiger partial charge in [-0.05, 0) is 31.0 Å². The Morgan fingerprint density at radius 1 is 1.03 bits per heavy atom. The van der Waals surface area contributed by atoms with Crippen molar-refractivity contribution in [1.29, 1.82) is 0 Å². The molecule has 1 N–H and O–H groups in total. The molecular formula is C22H22N2O4S. The summed E-state index contributed by atoms with van der Waals surface area (Å²) < 4.78 is 26.7. The van der Waals surface area contributed by atoms with E-state index in [4.69, 9.17) is 6.42 Å². The Kier molecular flexibility index (Phi) is 6.47. The van der Waals surface area contributed by atoms with E-state index in [1.54, 1.807) is 23.1 Å². The fraction of sp³-hybridized carbons (Fsp3) is 0.273. The molecule has 29 heavy (non-hydrogen) atoms. The molecule has 7 heteroatoms. The number of terminal acetylenes is 1. The van der Waals surface area contributed by atoms with Gasteiger partial charge in [0.25, 0.3) is 5.91 Å². The van der Waals surface area contributed by atoms with Gasteiger partial charge in [0.15, 0.2) is 5.78 Å². The average Bonchev–Trinajstić information content (AvgIpc) is 2.77. The number of Topliss-reactive ketones (excluding diaryl/α,β-unsaturated/α-hetero) is 1. The SMILES string of the molecule is C#CCNS(=O)(=O)c1cccc(C(=O)N2CCC(C(=O)c3ccccc3)CC2)c1. The van der Waals surface area contributed by atoms with E-state index < -0.39 is 10.0 Å². The Morgan fingerprint density at radius 3 is 2.34 bits per heavy atom. The van der Waals surface area contributed by atoms with Gasteiger partial charge in [0.05, 0.1) is 11.4 Å². The molecule has 1 saturated heterocycles. The molecule has 1 fully saturated rings. The number of benzene rings is 2. The van der Waals surface area contributed by atoms with Gasteiger partial charge in [-0.15, -0.1) is 6.42 Å². The lowest BCUT2D eigenvalue weighted by molar-refractivity contribution is 0.0650. The van der Waals surface area contributed by atoms with Crippen LogP contribution in [-0.4, -0.2) is 44.6 Å². The summed E-state index contributed by atoms with van der Waals surface area (Å²) in [7, 11) is -3.77. The van der Waals surface area contributed by atoms with Crippen molar-refractivity contribution in [3.8, 4) is 12.3 Å². The van der Waals surface area contributed by atoms with Crippen LogP contribution in [0.25, 0.3) is 0 Å². The zero-order chi connectivity index (χ0) is 20.9. The molecule has 0 atom stereocenters. The van der Waals surface area contributed by atoms with Crippen LogP contribution in [0.3, 0.4) is 0 Å². The third kappa shape index (κ3) is 4.91. The molecule has 0 radical (unpaired) electrons. The van der Waals surface area contributed by atoms with Crippen LogP contribution in [0, 0.1) is 18.3 Å². The quantitative estimate of drug-likeness (QED) is 0.585. The van der Waals surface area contributed by atoms with Gasteiger partial charge in [0.2, 0.25) is 10.0 Å². The van der Waals surface area contributed by atoms with Crippen LogP contribution in [0.4, 0.5) is 0 Å². The van der Waals surface area contributed by atoms with Crippen molar-refractivity contribution < 1.29 is 18.0 Å². The number of nitrogens with zero attached hydrogens (tertiary/aromatic N) is 1. The van der Waals surface area contributed by atoms with E-state index >= 15 is 0 Å². The molecule has 150 valence electrons. The predicted molar refractivity (Wildman–Crippen MR) is 110 cm³/mol. The van der Waals surface area contributed by atoms with E-state index in [0.29, 0.717) is 37.1 Å². The van der Waals surface area contributed by atoms with Crippen LogP contribution >= 0.6 is 0 Å². The van der Waals surface area contributed by atoms with Gasteiger partial charge in [0.1, 0.15) is 0 Å². The molecule has 0 saturated carbocycles. The van der Waals surface area contributed by atoms with Crippen molar-refractivity contribution in [2.24, 2.45) is 5.92 Å². The van der Waals surface area contributed by atoms with E-state index in [0.717, 1.165) is 0 Å². The third-order valence-electron chi connectivity index (χ3n) is 4.97. The molecule has 1 aliphatic rings. The summed E-state index contributed by atoms with van der Waals surface area (Å²) in [5.74, 6) is 1.96. The van der Waals surface area contributed by atoms with Crippen molar-refractivity contribution in [3.63, 3.8) is 0 Å². The zero-order valence-corrected chi connectivity index (χ0v) is 16.7. The molecule has 1 heterocycles. The zero-order valence-electron chi connectivity index (χ0n) is 15.9. The Hall–Kier alpha value is -2.95. The highest BCUT2D eigenvalue weighted by atomic mass is 32.2. The number of amides is 1. The number of hydrogen-bond donors (Lipinski definition) is 1. The Labute approximate surface area is 171 Å². The molecule has 3 rings (SSSR count). The normalized spacial score (nSPS) is 14.9. The van der Waals surface area contributed by atoms with Crippen molar-refractivity contribution in [2.75, 3.05) is 19.6 Å². The molecule has 0 unspecified atom stereocenters.